The molecule has 2 amide bonds. The summed E-state index contributed by atoms with van der Waals surface area (Å²) in [5, 5.41) is 26.1. The van der Waals surface area contributed by atoms with Gasteiger partial charge >= 0.3 is 6.09 Å². The van der Waals surface area contributed by atoms with Gasteiger partial charge in [-0.25, -0.2) is 23.5 Å². The van der Waals surface area contributed by atoms with Gasteiger partial charge in [-0.15, -0.1) is 0 Å². The van der Waals surface area contributed by atoms with Gasteiger partial charge in [-0.2, -0.15) is 9.89 Å². The van der Waals surface area contributed by atoms with Gasteiger partial charge in [0.1, 0.15) is 35.5 Å². The largest absolute Gasteiger partial charge is 0.514 e. The zero-order valence-electron chi connectivity index (χ0n) is 35.7. The van der Waals surface area contributed by atoms with Gasteiger partial charge in [0.2, 0.25) is 0 Å². The molecule has 2 atom stereocenters. The predicted octanol–water partition coefficient (Wildman–Crippen LogP) is 7.85. The summed E-state index contributed by atoms with van der Waals surface area (Å²) in [6.07, 6.45) is 3.67. The van der Waals surface area contributed by atoms with Crippen LogP contribution in [0.25, 0.3) is 22.2 Å². The van der Waals surface area contributed by atoms with Crippen LogP contribution < -0.4 is 16.0 Å². The molecule has 0 aliphatic carbocycles. The minimum absolute atomic E-state index is 0.0224. The Bertz CT molecular complexity index is 2340. The first-order valence-electron chi connectivity index (χ1n) is 21.2. The molecule has 2 aliphatic heterocycles. The molecule has 5 heterocycles. The maximum absolute atomic E-state index is 15.4. The number of amides is 2. The van der Waals surface area contributed by atoms with Crippen molar-refractivity contribution in [3.63, 3.8) is 0 Å². The molecule has 14 heteroatoms. The Morgan fingerprint density at radius 1 is 1.00 bits per heavy atom. The van der Waals surface area contributed by atoms with Gasteiger partial charge in [-0.05, 0) is 101 Å². The number of nitrogens with one attached hydrogen (secondary N) is 3. The molecule has 0 spiro atoms. The maximum atomic E-state index is 15.4. The van der Waals surface area contributed by atoms with E-state index in [0.29, 0.717) is 44.1 Å². The highest BCUT2D eigenvalue weighted by Gasteiger charge is 2.54. The summed E-state index contributed by atoms with van der Waals surface area (Å²) < 4.78 is 22.9. The van der Waals surface area contributed by atoms with E-state index in [1.165, 1.54) is 6.07 Å². The van der Waals surface area contributed by atoms with E-state index >= 15 is 4.39 Å². The van der Waals surface area contributed by atoms with E-state index in [4.69, 9.17) is 9.72 Å². The number of carboxylic acid groups (broad SMARTS) is 1. The molecule has 4 N–H and O–H groups in total. The summed E-state index contributed by atoms with van der Waals surface area (Å²) in [6.45, 7) is 17.4. The van der Waals surface area contributed by atoms with Gasteiger partial charge in [0, 0.05) is 68.8 Å². The van der Waals surface area contributed by atoms with Crippen molar-refractivity contribution in [3.8, 4) is 11.1 Å². The van der Waals surface area contributed by atoms with Crippen LogP contribution in [0.5, 0.6) is 0 Å². The SMILES string of the molecule is CCc1nc2c(cnn2CC)c(NC2CCOCC2)c1CNc1cccc(C(=O)NCc2ccc(F)c(-c3cccc(CN4CC[N+](C(=O)O)(C(C)(C)C)[C@H](C)C4)c3)c2)n1. The number of hydrogen-bond donors (Lipinski definition) is 4. The lowest BCUT2D eigenvalue weighted by molar-refractivity contribution is -0.929. The third kappa shape index (κ3) is 8.86. The Balaban J connectivity index is 1.01. The second-order valence-corrected chi connectivity index (χ2v) is 17.1. The van der Waals surface area contributed by atoms with Crippen molar-refractivity contribution >= 4 is 34.5 Å². The highest BCUT2D eigenvalue weighted by atomic mass is 19.1. The molecule has 0 saturated carbocycles. The van der Waals surface area contributed by atoms with Crippen LogP contribution in [0.15, 0.2) is 66.9 Å². The van der Waals surface area contributed by atoms with E-state index in [1.807, 2.05) is 68.9 Å². The van der Waals surface area contributed by atoms with Gasteiger partial charge < -0.3 is 25.8 Å². The summed E-state index contributed by atoms with van der Waals surface area (Å²) in [6, 6.07) is 18.2. The Morgan fingerprint density at radius 3 is 2.50 bits per heavy atom. The van der Waals surface area contributed by atoms with Gasteiger partial charge in [0.25, 0.3) is 5.91 Å². The van der Waals surface area contributed by atoms with Gasteiger partial charge in [0.05, 0.1) is 23.8 Å². The quantitative estimate of drug-likeness (QED) is 0.0867. The third-order valence-electron chi connectivity index (χ3n) is 12.3. The molecule has 7 rings (SSSR count). The Labute approximate surface area is 351 Å². The molecule has 2 saturated heterocycles. The molecule has 13 nitrogen and oxygen atoms in total. The number of aromatic nitrogens is 4. The third-order valence-corrected chi connectivity index (χ3v) is 12.3. The maximum Gasteiger partial charge on any atom is 0.514 e. The van der Waals surface area contributed by atoms with Crippen LogP contribution in [0.4, 0.5) is 20.7 Å². The number of pyridine rings is 2. The van der Waals surface area contributed by atoms with Crippen molar-refractivity contribution in [3.05, 3.63) is 101 Å². The fourth-order valence-corrected chi connectivity index (χ4v) is 9.05. The highest BCUT2D eigenvalue weighted by Crippen LogP contribution is 2.34. The lowest BCUT2D eigenvalue weighted by atomic mass is 9.95. The van der Waals surface area contributed by atoms with E-state index in [9.17, 15) is 14.7 Å². The number of carbonyl (C=O) groups excluding carboxylic acids is 1. The highest BCUT2D eigenvalue weighted by molar-refractivity contribution is 5.93. The number of hydrogen-bond acceptors (Lipinski definition) is 9. The van der Waals surface area contributed by atoms with Crippen molar-refractivity contribution in [1.82, 2.24) is 30.0 Å². The van der Waals surface area contributed by atoms with Crippen molar-refractivity contribution in [2.24, 2.45) is 0 Å². The minimum Gasteiger partial charge on any atom is -0.435 e. The molecule has 1 unspecified atom stereocenters. The first-order chi connectivity index (χ1) is 28.8. The second-order valence-electron chi connectivity index (χ2n) is 17.1. The van der Waals surface area contributed by atoms with Crippen LogP contribution in [-0.4, -0.2) is 96.7 Å². The van der Waals surface area contributed by atoms with Crippen molar-refractivity contribution in [2.75, 3.05) is 43.5 Å². The van der Waals surface area contributed by atoms with Crippen molar-refractivity contribution in [1.29, 1.82) is 0 Å². The average molecular weight is 821 g/mol. The number of carbonyl (C=O) groups is 2. The molecule has 0 bridgehead atoms. The number of benzene rings is 2. The van der Waals surface area contributed by atoms with Crippen LogP contribution in [0.2, 0.25) is 0 Å². The Kier molecular flexibility index (Phi) is 12.8. The topological polar surface area (TPSA) is 147 Å². The molecule has 2 aliphatic rings. The Morgan fingerprint density at radius 2 is 1.78 bits per heavy atom. The van der Waals surface area contributed by atoms with Crippen LogP contribution in [0.3, 0.4) is 0 Å². The molecular formula is C46H59FN9O4+. The molecular weight excluding hydrogens is 762 g/mol. The molecule has 2 fully saturated rings. The molecule has 318 valence electrons. The standard InChI is InChI=1S/C46H58FN9O4/c1-7-39-36(42(51-34-17-21-60-22-18-34)37-27-50-55(8-2)43(37)53-39)26-48-41-14-10-13-40(52-41)44(57)49-25-31-15-16-38(47)35(24-31)33-12-9-11-32(23-33)29-54-19-20-56(45(58)59,30(3)28-54)46(4,5)6/h9-16,23-24,27,30,34H,7-8,17-22,25-26,28-29H2,1-6H3,(H3-,48,49,50,51,52,53,57,58,59)/p+1/t30-,56?/m1/s1. The number of anilines is 2. The zero-order chi connectivity index (χ0) is 42.6. The van der Waals surface area contributed by atoms with E-state index < -0.39 is 11.6 Å². The van der Waals surface area contributed by atoms with Crippen molar-refractivity contribution < 1.29 is 28.3 Å². The van der Waals surface area contributed by atoms with Crippen LogP contribution in [0.1, 0.15) is 87.3 Å². The molecule has 5 aromatic rings. The second kappa shape index (κ2) is 18.0. The number of fused-ring (bicyclic) bond motifs is 1. The summed E-state index contributed by atoms with van der Waals surface area (Å²) in [5.74, 6) is -0.136. The Hall–Kier alpha value is -5.44. The van der Waals surface area contributed by atoms with Gasteiger partial charge in [-0.1, -0.05) is 37.3 Å². The van der Waals surface area contributed by atoms with Gasteiger partial charge in [0.15, 0.2) is 5.65 Å². The van der Waals surface area contributed by atoms with Crippen LogP contribution in [0, 0.1) is 5.82 Å². The van der Waals surface area contributed by atoms with E-state index in [-0.39, 0.29) is 40.5 Å². The first kappa shape index (κ1) is 42.7. The summed E-state index contributed by atoms with van der Waals surface area (Å²) >= 11 is 0. The lowest BCUT2D eigenvalue weighted by Gasteiger charge is -2.52. The van der Waals surface area contributed by atoms with Crippen LogP contribution >= 0.6 is 0 Å². The summed E-state index contributed by atoms with van der Waals surface area (Å²) in [5.41, 5.74) is 6.69. The first-order valence-corrected chi connectivity index (χ1v) is 21.2. The number of quaternary nitrogens is 1. The number of piperazine rings is 1. The molecule has 60 heavy (non-hydrogen) atoms. The van der Waals surface area contributed by atoms with E-state index in [0.717, 1.165) is 83.7 Å². The molecule has 0 radical (unpaired) electrons. The monoisotopic (exact) mass is 820 g/mol. The van der Waals surface area contributed by atoms with Crippen molar-refractivity contribution in [2.45, 2.75) is 105 Å². The number of halogens is 1. The zero-order valence-corrected chi connectivity index (χ0v) is 35.7. The normalized spacial score (nSPS) is 19.0. The number of nitrogens with zero attached hydrogens (tertiary/aromatic N) is 6. The number of aryl methyl sites for hydroxylation is 2. The predicted molar refractivity (Wildman–Crippen MR) is 232 cm³/mol. The molecule has 2 aromatic carbocycles. The van der Waals surface area contributed by atoms with Crippen LogP contribution in [-0.2, 0) is 37.3 Å². The van der Waals surface area contributed by atoms with Gasteiger partial charge in [-0.3, -0.25) is 9.69 Å². The minimum atomic E-state index is -0.789. The van der Waals surface area contributed by atoms with E-state index in [2.05, 4.69) is 44.8 Å². The summed E-state index contributed by atoms with van der Waals surface area (Å²) in [7, 11) is 0. The fourth-order valence-electron chi connectivity index (χ4n) is 9.05. The molecule has 3 aromatic heterocycles. The number of ether oxygens (including phenoxy) is 1. The average Bonchev–Trinajstić information content (AvgIpc) is 3.65. The summed E-state index contributed by atoms with van der Waals surface area (Å²) in [4.78, 5) is 37.9. The number of rotatable bonds is 13. The smallest absolute Gasteiger partial charge is 0.435 e. The van der Waals surface area contributed by atoms with E-state index in [1.54, 1.807) is 24.3 Å². The lowest BCUT2D eigenvalue weighted by Crippen LogP contribution is -2.73. The fraction of sp³-hybridized carbons (Fsp3) is 0.457.